The van der Waals surface area contributed by atoms with Gasteiger partial charge in [-0.25, -0.2) is 14.1 Å². The molecule has 1 aliphatic rings. The molecule has 1 aromatic heterocycles. The van der Waals surface area contributed by atoms with Gasteiger partial charge in [0.1, 0.15) is 0 Å². The lowest BCUT2D eigenvalue weighted by Crippen LogP contribution is -2.34. The Kier molecular flexibility index (Phi) is 4.45. The Labute approximate surface area is 151 Å². The van der Waals surface area contributed by atoms with Crippen molar-refractivity contribution in [3.8, 4) is 0 Å². The van der Waals surface area contributed by atoms with Gasteiger partial charge in [-0.1, -0.05) is 62.2 Å². The first-order valence-corrected chi connectivity index (χ1v) is 9.18. The summed E-state index contributed by atoms with van der Waals surface area (Å²) < 4.78 is 16.8. The van der Waals surface area contributed by atoms with Crippen LogP contribution in [0.2, 0.25) is 0 Å². The van der Waals surface area contributed by atoms with Gasteiger partial charge >= 0.3 is 0 Å². The van der Waals surface area contributed by atoms with Gasteiger partial charge in [-0.3, -0.25) is 4.79 Å². The van der Waals surface area contributed by atoms with Crippen molar-refractivity contribution in [2.45, 2.75) is 38.4 Å². The summed E-state index contributed by atoms with van der Waals surface area (Å²) in [5.41, 5.74) is 0.854. The second kappa shape index (κ2) is 6.90. The number of benzene rings is 2. The number of unbranched alkanes of at least 4 members (excludes halogenated alkanes) is 1. The van der Waals surface area contributed by atoms with Crippen molar-refractivity contribution in [3.05, 3.63) is 76.3 Å². The van der Waals surface area contributed by atoms with E-state index < -0.39 is 6.17 Å². The molecule has 1 aliphatic heterocycles. The molecular weight excluding hydrogens is 329 g/mol. The largest absolute Gasteiger partial charge is 0.301 e. The van der Waals surface area contributed by atoms with Crippen LogP contribution in [0.4, 0.5) is 4.39 Å². The number of hydrogen-bond acceptors (Lipinski definition) is 3. The van der Waals surface area contributed by atoms with Crippen LogP contribution in [0, 0.1) is 0 Å². The summed E-state index contributed by atoms with van der Waals surface area (Å²) in [7, 11) is 0. The van der Waals surface area contributed by atoms with Crippen LogP contribution in [0.3, 0.4) is 0 Å². The molecule has 0 spiro atoms. The molecule has 2 aromatic carbocycles. The molecule has 0 aliphatic carbocycles. The molecule has 1 saturated heterocycles. The highest BCUT2D eigenvalue weighted by Gasteiger charge is 2.38. The fourth-order valence-corrected chi connectivity index (χ4v) is 3.42. The highest BCUT2D eigenvalue weighted by molar-refractivity contribution is 5.77. The van der Waals surface area contributed by atoms with Crippen LogP contribution in [-0.4, -0.2) is 22.2 Å². The Morgan fingerprint density at radius 2 is 1.88 bits per heavy atom. The summed E-state index contributed by atoms with van der Waals surface area (Å²) in [4.78, 5) is 17.6. The van der Waals surface area contributed by atoms with E-state index in [0.717, 1.165) is 25.8 Å². The summed E-state index contributed by atoms with van der Waals surface area (Å²) in [5.74, 6) is 0.166. The molecule has 5 heteroatoms. The lowest BCUT2D eigenvalue weighted by atomic mass is 10.1. The Hall–Kier alpha value is -2.69. The normalized spacial score (nSPS) is 17.5. The fourth-order valence-electron chi connectivity index (χ4n) is 3.42. The third-order valence-electron chi connectivity index (χ3n) is 4.93. The number of fused-ring (bicyclic) bond motifs is 1. The van der Waals surface area contributed by atoms with Crippen molar-refractivity contribution in [2.24, 2.45) is 0 Å². The van der Waals surface area contributed by atoms with Gasteiger partial charge in [0.25, 0.3) is 5.56 Å². The smallest absolute Gasteiger partial charge is 0.280 e. The third-order valence-corrected chi connectivity index (χ3v) is 4.93. The molecule has 26 heavy (non-hydrogen) atoms. The van der Waals surface area contributed by atoms with E-state index in [-0.39, 0.29) is 17.4 Å². The van der Waals surface area contributed by atoms with Gasteiger partial charge in [-0.05, 0) is 24.1 Å². The molecule has 2 unspecified atom stereocenters. The van der Waals surface area contributed by atoms with Crippen LogP contribution in [0.5, 0.6) is 0 Å². The maximum atomic E-state index is 15.4. The van der Waals surface area contributed by atoms with Crippen LogP contribution in [0.25, 0.3) is 10.9 Å². The highest BCUT2D eigenvalue weighted by Crippen LogP contribution is 2.29. The van der Waals surface area contributed by atoms with Crippen LogP contribution in [0.1, 0.15) is 43.7 Å². The van der Waals surface area contributed by atoms with Gasteiger partial charge < -0.3 is 5.01 Å². The van der Waals surface area contributed by atoms with E-state index in [1.165, 1.54) is 4.68 Å². The summed E-state index contributed by atoms with van der Waals surface area (Å²) in [6.45, 7) is 2.92. The summed E-state index contributed by atoms with van der Waals surface area (Å²) in [6.07, 6.45) is 1.78. The number of nitrogens with zero attached hydrogens (tertiary/aromatic N) is 3. The van der Waals surface area contributed by atoms with Crippen LogP contribution < -0.4 is 10.6 Å². The van der Waals surface area contributed by atoms with E-state index >= 15 is 4.39 Å². The van der Waals surface area contributed by atoms with E-state index in [1.54, 1.807) is 36.4 Å². The Bertz CT molecular complexity index is 970. The molecule has 4 rings (SSSR count). The molecule has 0 radical (unpaired) electrons. The average Bonchev–Trinajstić information content (AvgIpc) is 3.45. The molecule has 2 atom stereocenters. The molecule has 0 amide bonds. The summed E-state index contributed by atoms with van der Waals surface area (Å²) >= 11 is 0. The van der Waals surface area contributed by atoms with Crippen molar-refractivity contribution < 1.29 is 4.39 Å². The summed E-state index contributed by atoms with van der Waals surface area (Å²) in [6, 6.07) is 16.3. The first kappa shape index (κ1) is 16.8. The van der Waals surface area contributed by atoms with Gasteiger partial charge in [0.15, 0.2) is 12.0 Å². The number of para-hydroxylation sites is 1. The quantitative estimate of drug-likeness (QED) is 0.631. The molecule has 4 nitrogen and oxygen atoms in total. The number of alkyl halides is 1. The maximum Gasteiger partial charge on any atom is 0.280 e. The molecule has 1 fully saturated rings. The fraction of sp³-hybridized carbons (Fsp3) is 0.333. The first-order chi connectivity index (χ1) is 12.7. The first-order valence-electron chi connectivity index (χ1n) is 9.18. The van der Waals surface area contributed by atoms with Crippen molar-refractivity contribution in [1.82, 2.24) is 9.66 Å². The van der Waals surface area contributed by atoms with Crippen molar-refractivity contribution in [1.29, 1.82) is 0 Å². The van der Waals surface area contributed by atoms with E-state index in [2.05, 4.69) is 11.9 Å². The van der Waals surface area contributed by atoms with E-state index in [9.17, 15) is 4.79 Å². The Balaban J connectivity index is 1.83. The van der Waals surface area contributed by atoms with Gasteiger partial charge in [-0.15, -0.1) is 0 Å². The van der Waals surface area contributed by atoms with E-state index in [0.29, 0.717) is 16.5 Å². The van der Waals surface area contributed by atoms with Crippen molar-refractivity contribution >= 4 is 10.9 Å². The maximum absolute atomic E-state index is 15.4. The van der Waals surface area contributed by atoms with Crippen molar-refractivity contribution in [3.63, 3.8) is 0 Å². The lowest BCUT2D eigenvalue weighted by molar-refractivity contribution is 0.368. The minimum absolute atomic E-state index is 0.166. The molecule has 3 aromatic rings. The number of aromatic nitrogens is 2. The standard InChI is InChI=1S/C21H22FN3O/c1-2-3-11-16-14-24(16)25-20(19(22)15-9-5-4-6-10-15)23-18-13-8-7-12-17(18)21(25)26/h4-10,12-13,16,19H,2-3,11,14H2,1H3. The van der Waals surface area contributed by atoms with Gasteiger partial charge in [0.2, 0.25) is 0 Å². The predicted molar refractivity (Wildman–Crippen MR) is 102 cm³/mol. The molecular formula is C21H22FN3O. The van der Waals surface area contributed by atoms with Crippen LogP contribution in [0.15, 0.2) is 59.4 Å². The molecule has 2 heterocycles. The summed E-state index contributed by atoms with van der Waals surface area (Å²) in [5, 5.41) is 2.47. The van der Waals surface area contributed by atoms with Crippen molar-refractivity contribution in [2.75, 3.05) is 11.6 Å². The minimum Gasteiger partial charge on any atom is -0.301 e. The SMILES string of the molecule is CCCCC1CN1n1c(C(F)c2ccccc2)nc2ccccc2c1=O. The zero-order valence-corrected chi connectivity index (χ0v) is 14.8. The number of rotatable bonds is 6. The Morgan fingerprint density at radius 3 is 2.65 bits per heavy atom. The third kappa shape index (κ3) is 2.98. The second-order valence-electron chi connectivity index (χ2n) is 6.80. The number of halogens is 1. The van der Waals surface area contributed by atoms with Crippen LogP contribution in [-0.2, 0) is 0 Å². The Morgan fingerprint density at radius 1 is 1.15 bits per heavy atom. The monoisotopic (exact) mass is 351 g/mol. The molecule has 0 bridgehead atoms. The van der Waals surface area contributed by atoms with E-state index in [4.69, 9.17) is 0 Å². The topological polar surface area (TPSA) is 37.9 Å². The van der Waals surface area contributed by atoms with E-state index in [1.807, 2.05) is 23.2 Å². The van der Waals surface area contributed by atoms with Crippen LogP contribution >= 0.6 is 0 Å². The zero-order valence-electron chi connectivity index (χ0n) is 14.8. The lowest BCUT2D eigenvalue weighted by Gasteiger charge is -2.18. The second-order valence-corrected chi connectivity index (χ2v) is 6.80. The molecule has 134 valence electrons. The molecule has 0 N–H and O–H groups in total. The predicted octanol–water partition coefficient (Wildman–Crippen LogP) is 3.97. The molecule has 0 saturated carbocycles. The highest BCUT2D eigenvalue weighted by atomic mass is 19.1. The average molecular weight is 351 g/mol. The van der Waals surface area contributed by atoms with Gasteiger partial charge in [-0.2, -0.15) is 0 Å². The van der Waals surface area contributed by atoms with Gasteiger partial charge in [0, 0.05) is 0 Å². The van der Waals surface area contributed by atoms with Gasteiger partial charge in [0.05, 0.1) is 23.5 Å². The minimum atomic E-state index is -1.44. The number of hydrogen-bond donors (Lipinski definition) is 0. The zero-order chi connectivity index (χ0) is 18.1.